The van der Waals surface area contributed by atoms with Gasteiger partial charge in [0.15, 0.2) is 5.65 Å². The van der Waals surface area contributed by atoms with Gasteiger partial charge in [-0.05, 0) is 24.5 Å². The Balaban J connectivity index is 1.73. The van der Waals surface area contributed by atoms with E-state index in [4.69, 9.17) is 0 Å². The Morgan fingerprint density at radius 1 is 1.32 bits per heavy atom. The SMILES string of the molecule is Cn1ncc2c(=O)[nH]c(NN3CCCc4ccccc43)nc21. The topological polar surface area (TPSA) is 78.8 Å². The molecule has 2 aromatic heterocycles. The summed E-state index contributed by atoms with van der Waals surface area (Å²) in [5.41, 5.74) is 6.01. The van der Waals surface area contributed by atoms with Crippen molar-refractivity contribution in [3.8, 4) is 0 Å². The van der Waals surface area contributed by atoms with Crippen LogP contribution in [0.3, 0.4) is 0 Å². The Morgan fingerprint density at radius 2 is 2.18 bits per heavy atom. The molecule has 112 valence electrons. The Bertz CT molecular complexity index is 896. The van der Waals surface area contributed by atoms with Crippen LogP contribution in [-0.2, 0) is 13.5 Å². The summed E-state index contributed by atoms with van der Waals surface area (Å²) >= 11 is 0. The fraction of sp³-hybridized carbons (Fsp3) is 0.267. The number of rotatable bonds is 2. The first-order valence-corrected chi connectivity index (χ1v) is 7.26. The summed E-state index contributed by atoms with van der Waals surface area (Å²) in [5.74, 6) is 0.429. The molecule has 1 aliphatic heterocycles. The molecular weight excluding hydrogens is 280 g/mol. The summed E-state index contributed by atoms with van der Waals surface area (Å²) in [7, 11) is 1.77. The minimum absolute atomic E-state index is 0.189. The molecule has 0 aliphatic carbocycles. The second-order valence-electron chi connectivity index (χ2n) is 5.42. The highest BCUT2D eigenvalue weighted by atomic mass is 16.1. The van der Waals surface area contributed by atoms with Crippen molar-refractivity contribution in [1.29, 1.82) is 0 Å². The molecule has 1 aliphatic rings. The first-order valence-electron chi connectivity index (χ1n) is 7.26. The Morgan fingerprint density at radius 3 is 3.09 bits per heavy atom. The predicted octanol–water partition coefficient (Wildman–Crippen LogP) is 1.44. The van der Waals surface area contributed by atoms with Crippen molar-refractivity contribution in [3.63, 3.8) is 0 Å². The minimum atomic E-state index is -0.189. The van der Waals surface area contributed by atoms with E-state index in [0.717, 1.165) is 25.1 Å². The van der Waals surface area contributed by atoms with Crippen LogP contribution in [0.1, 0.15) is 12.0 Å². The van der Waals surface area contributed by atoms with Crippen LogP contribution in [0.25, 0.3) is 11.0 Å². The van der Waals surface area contributed by atoms with Crippen LogP contribution in [-0.4, -0.2) is 26.3 Å². The minimum Gasteiger partial charge on any atom is -0.291 e. The van der Waals surface area contributed by atoms with Crippen molar-refractivity contribution in [3.05, 3.63) is 46.4 Å². The van der Waals surface area contributed by atoms with Crippen molar-refractivity contribution in [2.45, 2.75) is 12.8 Å². The van der Waals surface area contributed by atoms with Crippen LogP contribution < -0.4 is 16.0 Å². The average molecular weight is 296 g/mol. The van der Waals surface area contributed by atoms with Gasteiger partial charge in [0.1, 0.15) is 5.39 Å². The Labute approximate surface area is 126 Å². The summed E-state index contributed by atoms with van der Waals surface area (Å²) in [6.45, 7) is 0.865. The maximum atomic E-state index is 12.1. The summed E-state index contributed by atoms with van der Waals surface area (Å²) in [6.07, 6.45) is 3.66. The first kappa shape index (κ1) is 12.9. The van der Waals surface area contributed by atoms with Crippen LogP contribution in [0.5, 0.6) is 0 Å². The van der Waals surface area contributed by atoms with Crippen molar-refractivity contribution in [2.24, 2.45) is 7.05 Å². The lowest BCUT2D eigenvalue weighted by Crippen LogP contribution is -2.36. The number of aromatic nitrogens is 4. The van der Waals surface area contributed by atoms with Gasteiger partial charge in [-0.1, -0.05) is 18.2 Å². The second-order valence-corrected chi connectivity index (χ2v) is 5.42. The fourth-order valence-corrected chi connectivity index (χ4v) is 2.86. The number of hydrogen-bond acceptors (Lipinski definition) is 5. The predicted molar refractivity (Wildman–Crippen MR) is 84.9 cm³/mol. The van der Waals surface area contributed by atoms with Crippen molar-refractivity contribution in [2.75, 3.05) is 17.0 Å². The van der Waals surface area contributed by atoms with Gasteiger partial charge >= 0.3 is 0 Å². The monoisotopic (exact) mass is 296 g/mol. The van der Waals surface area contributed by atoms with Crippen LogP contribution in [0.15, 0.2) is 35.3 Å². The zero-order valence-corrected chi connectivity index (χ0v) is 12.2. The van der Waals surface area contributed by atoms with Gasteiger partial charge < -0.3 is 0 Å². The number of benzene rings is 1. The van der Waals surface area contributed by atoms with Crippen LogP contribution in [0.4, 0.5) is 11.6 Å². The first-order chi connectivity index (χ1) is 10.7. The molecule has 0 saturated carbocycles. The number of aromatic amines is 1. The smallest absolute Gasteiger partial charge is 0.263 e. The van der Waals surface area contributed by atoms with Crippen LogP contribution >= 0.6 is 0 Å². The van der Waals surface area contributed by atoms with Crippen molar-refractivity contribution < 1.29 is 0 Å². The molecular formula is C15H16N6O. The number of hydrazine groups is 1. The zero-order valence-electron chi connectivity index (χ0n) is 12.2. The molecule has 3 heterocycles. The third kappa shape index (κ3) is 2.02. The molecule has 22 heavy (non-hydrogen) atoms. The number of para-hydroxylation sites is 1. The van der Waals surface area contributed by atoms with E-state index in [0.29, 0.717) is 17.0 Å². The van der Waals surface area contributed by atoms with E-state index < -0.39 is 0 Å². The highest BCUT2D eigenvalue weighted by Crippen LogP contribution is 2.26. The number of fused-ring (bicyclic) bond motifs is 2. The van der Waals surface area contributed by atoms with Crippen LogP contribution in [0.2, 0.25) is 0 Å². The molecule has 0 spiro atoms. The number of hydrogen-bond donors (Lipinski definition) is 2. The number of aryl methyl sites for hydroxylation is 2. The van der Waals surface area contributed by atoms with E-state index in [1.807, 2.05) is 17.1 Å². The van der Waals surface area contributed by atoms with E-state index in [-0.39, 0.29) is 5.56 Å². The number of anilines is 2. The third-order valence-corrected chi connectivity index (χ3v) is 3.95. The lowest BCUT2D eigenvalue weighted by molar-refractivity contribution is 0.732. The fourth-order valence-electron chi connectivity index (χ4n) is 2.86. The molecule has 0 saturated heterocycles. The molecule has 2 N–H and O–H groups in total. The largest absolute Gasteiger partial charge is 0.291 e. The molecule has 3 aromatic rings. The van der Waals surface area contributed by atoms with Gasteiger partial charge in [0.05, 0.1) is 11.9 Å². The average Bonchev–Trinajstić information content (AvgIpc) is 2.90. The highest BCUT2D eigenvalue weighted by molar-refractivity contribution is 5.74. The highest BCUT2D eigenvalue weighted by Gasteiger charge is 2.17. The molecule has 0 radical (unpaired) electrons. The van der Waals surface area contributed by atoms with E-state index >= 15 is 0 Å². The van der Waals surface area contributed by atoms with Gasteiger partial charge in [-0.25, -0.2) is 0 Å². The van der Waals surface area contributed by atoms with Crippen molar-refractivity contribution in [1.82, 2.24) is 19.7 Å². The molecule has 0 unspecified atom stereocenters. The molecule has 0 fully saturated rings. The summed E-state index contributed by atoms with van der Waals surface area (Å²) in [4.78, 5) is 19.3. The summed E-state index contributed by atoms with van der Waals surface area (Å²) in [5, 5.41) is 6.59. The third-order valence-electron chi connectivity index (χ3n) is 3.95. The lowest BCUT2D eigenvalue weighted by atomic mass is 10.0. The van der Waals surface area contributed by atoms with Gasteiger partial charge in [-0.2, -0.15) is 10.1 Å². The molecule has 7 heteroatoms. The molecule has 4 rings (SSSR count). The quantitative estimate of drug-likeness (QED) is 0.748. The standard InChI is InChI=1S/C15H16N6O/c1-20-13-11(9-16-20)14(22)18-15(17-13)19-21-8-4-6-10-5-2-3-7-12(10)21/h2-3,5,7,9H,4,6,8H2,1H3,(H2,17,18,19,22). The Hall–Kier alpha value is -2.83. The normalized spacial score (nSPS) is 14.1. The van der Waals surface area contributed by atoms with Crippen molar-refractivity contribution >= 4 is 22.7 Å². The number of nitrogens with one attached hydrogen (secondary N) is 2. The van der Waals surface area contributed by atoms with Crippen LogP contribution in [0, 0.1) is 0 Å². The van der Waals surface area contributed by atoms with E-state index in [1.165, 1.54) is 11.8 Å². The summed E-state index contributed by atoms with van der Waals surface area (Å²) < 4.78 is 1.60. The number of nitrogens with zero attached hydrogens (tertiary/aromatic N) is 4. The molecule has 7 nitrogen and oxygen atoms in total. The van der Waals surface area contributed by atoms with Gasteiger partial charge in [0, 0.05) is 13.6 Å². The van der Waals surface area contributed by atoms with E-state index in [2.05, 4.69) is 32.6 Å². The van der Waals surface area contributed by atoms with E-state index in [1.54, 1.807) is 11.7 Å². The lowest BCUT2D eigenvalue weighted by Gasteiger charge is -2.31. The second kappa shape index (κ2) is 4.87. The summed E-state index contributed by atoms with van der Waals surface area (Å²) in [6, 6.07) is 8.26. The zero-order chi connectivity index (χ0) is 15.1. The maximum absolute atomic E-state index is 12.1. The molecule has 0 amide bonds. The van der Waals surface area contributed by atoms with E-state index in [9.17, 15) is 4.79 Å². The van der Waals surface area contributed by atoms with Gasteiger partial charge in [0.25, 0.3) is 5.56 Å². The Kier molecular flexibility index (Phi) is 2.85. The molecule has 1 aromatic carbocycles. The molecule has 0 atom stereocenters. The number of H-pyrrole nitrogens is 1. The maximum Gasteiger partial charge on any atom is 0.263 e. The molecule has 0 bridgehead atoms. The van der Waals surface area contributed by atoms with Gasteiger partial charge in [0.2, 0.25) is 5.95 Å². The van der Waals surface area contributed by atoms with Gasteiger partial charge in [-0.15, -0.1) is 0 Å². The van der Waals surface area contributed by atoms with Gasteiger partial charge in [-0.3, -0.25) is 24.9 Å².